The third-order valence-corrected chi connectivity index (χ3v) is 7.09. The van der Waals surface area contributed by atoms with Crippen LogP contribution in [0.15, 0.2) is 71.2 Å². The predicted octanol–water partition coefficient (Wildman–Crippen LogP) is 5.59. The van der Waals surface area contributed by atoms with Crippen molar-refractivity contribution in [3.05, 3.63) is 71.9 Å². The van der Waals surface area contributed by atoms with Crippen LogP contribution in [0.3, 0.4) is 0 Å². The first-order valence-corrected chi connectivity index (χ1v) is 11.8. The summed E-state index contributed by atoms with van der Waals surface area (Å²) in [5.41, 5.74) is 3.41. The molecular formula is C23H21N3O2S2. The van der Waals surface area contributed by atoms with Gasteiger partial charge in [0.2, 0.25) is 0 Å². The Morgan fingerprint density at radius 3 is 2.90 bits per heavy atom. The van der Waals surface area contributed by atoms with Gasteiger partial charge in [-0.25, -0.2) is 4.98 Å². The van der Waals surface area contributed by atoms with Crippen molar-refractivity contribution in [1.82, 2.24) is 9.38 Å². The van der Waals surface area contributed by atoms with Gasteiger partial charge >= 0.3 is 0 Å². The van der Waals surface area contributed by atoms with Crippen molar-refractivity contribution in [1.29, 1.82) is 0 Å². The first-order valence-electron chi connectivity index (χ1n) is 9.94. The summed E-state index contributed by atoms with van der Waals surface area (Å²) in [5.74, 6) is 0.780. The lowest BCUT2D eigenvalue weighted by molar-refractivity contribution is 0.102. The topological polar surface area (TPSA) is 55.6 Å². The maximum Gasteiger partial charge on any atom is 0.256 e. The molecule has 1 atom stereocenters. The van der Waals surface area contributed by atoms with Crippen LogP contribution in [-0.2, 0) is 4.74 Å². The van der Waals surface area contributed by atoms with Gasteiger partial charge in [0.1, 0.15) is 0 Å². The maximum absolute atomic E-state index is 12.9. The van der Waals surface area contributed by atoms with Gasteiger partial charge < -0.3 is 10.1 Å². The van der Waals surface area contributed by atoms with Crippen molar-refractivity contribution in [3.63, 3.8) is 0 Å². The van der Waals surface area contributed by atoms with E-state index in [1.165, 1.54) is 0 Å². The number of ether oxygens (including phenoxy) is 1. The second kappa shape index (κ2) is 8.63. The smallest absolute Gasteiger partial charge is 0.256 e. The van der Waals surface area contributed by atoms with Gasteiger partial charge in [0, 0.05) is 46.3 Å². The standard InChI is InChI=1S/C23H21N3O2S2/c27-22(19-5-1-2-6-21(19)30-15-18-4-3-12-28-18)24-17-9-7-16(8-10-17)20-14-26-11-13-29-23(26)25-20/h1-2,5-11,13-14,18H,3-4,12,15H2,(H,24,27)/t18-/m1/s1. The average molecular weight is 436 g/mol. The first kappa shape index (κ1) is 19.4. The highest BCUT2D eigenvalue weighted by Crippen LogP contribution is 2.28. The van der Waals surface area contributed by atoms with Crippen molar-refractivity contribution >= 4 is 39.7 Å². The molecule has 5 nitrogen and oxygen atoms in total. The second-order valence-corrected chi connectivity index (χ2v) is 9.13. The van der Waals surface area contributed by atoms with Crippen LogP contribution in [0.4, 0.5) is 5.69 Å². The van der Waals surface area contributed by atoms with Crippen LogP contribution in [0.5, 0.6) is 0 Å². The lowest BCUT2D eigenvalue weighted by Gasteiger charge is -2.12. The monoisotopic (exact) mass is 435 g/mol. The van der Waals surface area contributed by atoms with Crippen LogP contribution in [-0.4, -0.2) is 33.8 Å². The number of imidazole rings is 1. The number of hydrogen-bond donors (Lipinski definition) is 1. The number of thiazole rings is 1. The average Bonchev–Trinajstić information content (AvgIpc) is 3.51. The molecule has 0 spiro atoms. The summed E-state index contributed by atoms with van der Waals surface area (Å²) in [6.07, 6.45) is 6.53. The third kappa shape index (κ3) is 4.14. The molecule has 0 aliphatic carbocycles. The number of benzene rings is 2. The first-order chi connectivity index (χ1) is 14.8. The van der Waals surface area contributed by atoms with Gasteiger partial charge in [-0.2, -0.15) is 0 Å². The highest BCUT2D eigenvalue weighted by molar-refractivity contribution is 7.99. The van der Waals surface area contributed by atoms with E-state index < -0.39 is 0 Å². The Balaban J connectivity index is 1.27. The number of fused-ring (bicyclic) bond motifs is 1. The second-order valence-electron chi connectivity index (χ2n) is 7.19. The Kier molecular flexibility index (Phi) is 5.57. The molecule has 0 bridgehead atoms. The van der Waals surface area contributed by atoms with E-state index in [1.54, 1.807) is 23.1 Å². The Hall–Kier alpha value is -2.61. The molecule has 30 heavy (non-hydrogen) atoms. The van der Waals surface area contributed by atoms with Crippen molar-refractivity contribution in [2.75, 3.05) is 17.7 Å². The molecule has 0 unspecified atom stereocenters. The Morgan fingerprint density at radius 2 is 2.10 bits per heavy atom. The normalized spacial score (nSPS) is 16.2. The summed E-state index contributed by atoms with van der Waals surface area (Å²) in [6.45, 7) is 0.848. The molecule has 2 aromatic carbocycles. The number of thioether (sulfide) groups is 1. The van der Waals surface area contributed by atoms with Gasteiger partial charge in [-0.3, -0.25) is 9.20 Å². The fourth-order valence-electron chi connectivity index (χ4n) is 3.53. The molecule has 152 valence electrons. The van der Waals surface area contributed by atoms with E-state index >= 15 is 0 Å². The van der Waals surface area contributed by atoms with Crippen LogP contribution >= 0.6 is 23.1 Å². The van der Waals surface area contributed by atoms with Crippen LogP contribution in [0, 0.1) is 0 Å². The number of aromatic nitrogens is 2. The minimum atomic E-state index is -0.0966. The molecule has 2 aromatic heterocycles. The molecule has 1 amide bonds. The van der Waals surface area contributed by atoms with Crippen LogP contribution in [0.25, 0.3) is 16.2 Å². The fourth-order valence-corrected chi connectivity index (χ4v) is 5.35. The molecule has 1 fully saturated rings. The number of nitrogens with zero attached hydrogens (tertiary/aromatic N) is 2. The summed E-state index contributed by atoms with van der Waals surface area (Å²) >= 11 is 3.30. The largest absolute Gasteiger partial charge is 0.377 e. The summed E-state index contributed by atoms with van der Waals surface area (Å²) < 4.78 is 7.72. The molecule has 0 saturated carbocycles. The quantitative estimate of drug-likeness (QED) is 0.401. The van der Waals surface area contributed by atoms with E-state index in [1.807, 2.05) is 70.7 Å². The third-order valence-electron chi connectivity index (χ3n) is 5.11. The Bertz CT molecular complexity index is 1130. The molecule has 3 heterocycles. The SMILES string of the molecule is O=C(Nc1ccc(-c2cn3ccsc3n2)cc1)c1ccccc1SC[C@H]1CCCO1. The lowest BCUT2D eigenvalue weighted by atomic mass is 10.1. The zero-order valence-corrected chi connectivity index (χ0v) is 17.9. The van der Waals surface area contributed by atoms with Crippen LogP contribution < -0.4 is 5.32 Å². The van der Waals surface area contributed by atoms with Gasteiger partial charge in [0.25, 0.3) is 5.91 Å². The van der Waals surface area contributed by atoms with E-state index in [0.717, 1.165) is 52.0 Å². The Labute approximate surface area is 183 Å². The summed E-state index contributed by atoms with van der Waals surface area (Å²) in [4.78, 5) is 19.5. The van der Waals surface area contributed by atoms with Crippen molar-refractivity contribution in [2.24, 2.45) is 0 Å². The van der Waals surface area contributed by atoms with E-state index in [2.05, 4.69) is 10.3 Å². The van der Waals surface area contributed by atoms with E-state index in [9.17, 15) is 4.79 Å². The van der Waals surface area contributed by atoms with E-state index in [-0.39, 0.29) is 12.0 Å². The molecule has 1 aliphatic rings. The lowest BCUT2D eigenvalue weighted by Crippen LogP contribution is -2.14. The molecule has 7 heteroatoms. The summed E-state index contributed by atoms with van der Waals surface area (Å²) in [7, 11) is 0. The van der Waals surface area contributed by atoms with E-state index in [4.69, 9.17) is 4.74 Å². The number of carbonyl (C=O) groups is 1. The number of amides is 1. The maximum atomic E-state index is 12.9. The molecular weight excluding hydrogens is 414 g/mol. The summed E-state index contributed by atoms with van der Waals surface area (Å²) in [5, 5.41) is 5.04. The number of nitrogens with one attached hydrogen (secondary N) is 1. The van der Waals surface area contributed by atoms with Gasteiger partial charge in [-0.15, -0.1) is 23.1 Å². The number of carbonyl (C=O) groups excluding carboxylic acids is 1. The van der Waals surface area contributed by atoms with E-state index in [0.29, 0.717) is 5.56 Å². The molecule has 5 rings (SSSR count). The molecule has 0 radical (unpaired) electrons. The summed E-state index contributed by atoms with van der Waals surface area (Å²) in [6, 6.07) is 15.6. The van der Waals surface area contributed by atoms with Gasteiger partial charge in [-0.1, -0.05) is 24.3 Å². The fraction of sp³-hybridized carbons (Fsp3) is 0.217. The van der Waals surface area contributed by atoms with Gasteiger partial charge in [0.15, 0.2) is 4.96 Å². The minimum absolute atomic E-state index is 0.0966. The molecule has 1 saturated heterocycles. The minimum Gasteiger partial charge on any atom is -0.377 e. The zero-order valence-electron chi connectivity index (χ0n) is 16.3. The number of hydrogen-bond acceptors (Lipinski definition) is 5. The van der Waals surface area contributed by atoms with Crippen molar-refractivity contribution in [3.8, 4) is 11.3 Å². The predicted molar refractivity (Wildman–Crippen MR) is 123 cm³/mol. The van der Waals surface area contributed by atoms with Crippen LogP contribution in [0.1, 0.15) is 23.2 Å². The number of anilines is 1. The van der Waals surface area contributed by atoms with Crippen LogP contribution in [0.2, 0.25) is 0 Å². The molecule has 1 aliphatic heterocycles. The van der Waals surface area contributed by atoms with Gasteiger partial charge in [0.05, 0.1) is 17.4 Å². The van der Waals surface area contributed by atoms with Crippen molar-refractivity contribution < 1.29 is 9.53 Å². The number of rotatable bonds is 6. The molecule has 4 aromatic rings. The zero-order chi connectivity index (χ0) is 20.3. The highest BCUT2D eigenvalue weighted by Gasteiger charge is 2.18. The van der Waals surface area contributed by atoms with Crippen molar-refractivity contribution in [2.45, 2.75) is 23.8 Å². The molecule has 1 N–H and O–H groups in total. The highest BCUT2D eigenvalue weighted by atomic mass is 32.2. The Morgan fingerprint density at radius 1 is 1.23 bits per heavy atom. The van der Waals surface area contributed by atoms with Gasteiger partial charge in [-0.05, 0) is 37.1 Å².